The molecule has 10 heteroatoms. The van der Waals surface area contributed by atoms with E-state index in [-0.39, 0.29) is 42.4 Å². The van der Waals surface area contributed by atoms with Gasteiger partial charge in [-0.05, 0) is 55.4 Å². The Balaban J connectivity index is 1.52. The molecule has 1 saturated heterocycles. The van der Waals surface area contributed by atoms with Crippen LogP contribution in [0.25, 0.3) is 0 Å². The summed E-state index contributed by atoms with van der Waals surface area (Å²) in [6, 6.07) is 3.55. The van der Waals surface area contributed by atoms with Crippen molar-refractivity contribution in [3.63, 3.8) is 0 Å². The maximum absolute atomic E-state index is 13.9. The number of hydrogen-bond acceptors (Lipinski definition) is 5. The molecular formula is C24H33F3N2O4S. The Hall–Kier alpha value is -1.49. The number of rotatable bonds is 5. The van der Waals surface area contributed by atoms with E-state index in [1.165, 1.54) is 11.0 Å². The van der Waals surface area contributed by atoms with E-state index in [2.05, 4.69) is 5.32 Å². The highest BCUT2D eigenvalue weighted by molar-refractivity contribution is 7.85. The van der Waals surface area contributed by atoms with E-state index in [0.717, 1.165) is 25.0 Å². The first-order valence-corrected chi connectivity index (χ1v) is 13.1. The Morgan fingerprint density at radius 3 is 2.76 bits per heavy atom. The fourth-order valence-electron chi connectivity index (χ4n) is 5.63. The number of hydrogen-bond donors (Lipinski definition) is 1. The SMILES string of the molecule is CO[C@H]1COCC[C@H]1N[C@@H]1CC[C@@](C(=O)N2Cc3cc(C(F)(F)F)ccc3S(=O)C2)(C(C)C)C1. The van der Waals surface area contributed by atoms with E-state index >= 15 is 0 Å². The summed E-state index contributed by atoms with van der Waals surface area (Å²) in [4.78, 5) is 15.7. The van der Waals surface area contributed by atoms with E-state index < -0.39 is 28.0 Å². The number of methoxy groups -OCH3 is 1. The summed E-state index contributed by atoms with van der Waals surface area (Å²) in [6.45, 7) is 5.28. The van der Waals surface area contributed by atoms with Gasteiger partial charge in [-0.15, -0.1) is 0 Å². The molecule has 1 N–H and O–H groups in total. The number of carbonyl (C=O) groups excluding carboxylic acids is 1. The first-order valence-electron chi connectivity index (χ1n) is 11.8. The number of halogens is 3. The summed E-state index contributed by atoms with van der Waals surface area (Å²) in [7, 11) is 0.109. The highest BCUT2D eigenvalue weighted by atomic mass is 32.2. The van der Waals surface area contributed by atoms with Crippen LogP contribution < -0.4 is 5.32 Å². The lowest BCUT2D eigenvalue weighted by Crippen LogP contribution is -2.52. The van der Waals surface area contributed by atoms with Gasteiger partial charge in [0.25, 0.3) is 0 Å². The number of benzene rings is 1. The lowest BCUT2D eigenvalue weighted by molar-refractivity contribution is -0.144. The largest absolute Gasteiger partial charge is 0.416 e. The quantitative estimate of drug-likeness (QED) is 0.665. The molecule has 0 spiro atoms. The molecule has 1 aromatic rings. The van der Waals surface area contributed by atoms with Crippen LogP contribution in [0, 0.1) is 11.3 Å². The lowest BCUT2D eigenvalue weighted by Gasteiger charge is -2.40. The van der Waals surface area contributed by atoms with Crippen molar-refractivity contribution in [3.05, 3.63) is 29.3 Å². The van der Waals surface area contributed by atoms with Crippen LogP contribution in [0.3, 0.4) is 0 Å². The van der Waals surface area contributed by atoms with Crippen LogP contribution in [-0.2, 0) is 37.8 Å². The third kappa shape index (κ3) is 4.92. The van der Waals surface area contributed by atoms with Crippen molar-refractivity contribution < 1.29 is 31.6 Å². The summed E-state index contributed by atoms with van der Waals surface area (Å²) in [5, 5.41) is 3.67. The number of nitrogens with zero attached hydrogens (tertiary/aromatic N) is 1. The molecular weight excluding hydrogens is 469 g/mol. The van der Waals surface area contributed by atoms with Gasteiger partial charge in [0, 0.05) is 37.2 Å². The summed E-state index contributed by atoms with van der Waals surface area (Å²) < 4.78 is 63.6. The molecule has 2 fully saturated rings. The average Bonchev–Trinajstić information content (AvgIpc) is 3.23. The highest BCUT2D eigenvalue weighted by Crippen LogP contribution is 2.47. The molecule has 1 aromatic carbocycles. The molecule has 5 atom stereocenters. The Morgan fingerprint density at radius 1 is 1.32 bits per heavy atom. The Kier molecular flexibility index (Phi) is 7.43. The third-order valence-electron chi connectivity index (χ3n) is 7.69. The second-order valence-electron chi connectivity index (χ2n) is 9.96. The normalized spacial score (nSPS) is 32.1. The van der Waals surface area contributed by atoms with Gasteiger partial charge < -0.3 is 19.7 Å². The van der Waals surface area contributed by atoms with Crippen molar-refractivity contribution in [1.29, 1.82) is 0 Å². The number of amides is 1. The third-order valence-corrected chi connectivity index (χ3v) is 9.13. The second-order valence-corrected chi connectivity index (χ2v) is 11.3. The smallest absolute Gasteiger partial charge is 0.379 e. The van der Waals surface area contributed by atoms with Crippen LogP contribution in [0.5, 0.6) is 0 Å². The monoisotopic (exact) mass is 502 g/mol. The molecule has 1 saturated carbocycles. The molecule has 0 bridgehead atoms. The summed E-state index contributed by atoms with van der Waals surface area (Å²) >= 11 is 0. The molecule has 3 aliphatic rings. The fourth-order valence-corrected chi connectivity index (χ4v) is 6.90. The van der Waals surface area contributed by atoms with Gasteiger partial charge in [0.05, 0.1) is 34.5 Å². The minimum atomic E-state index is -4.49. The summed E-state index contributed by atoms with van der Waals surface area (Å²) in [5.41, 5.74) is -1.12. The van der Waals surface area contributed by atoms with Gasteiger partial charge >= 0.3 is 6.18 Å². The number of ether oxygens (including phenoxy) is 2. The molecule has 34 heavy (non-hydrogen) atoms. The number of fused-ring (bicyclic) bond motifs is 1. The Morgan fingerprint density at radius 2 is 2.09 bits per heavy atom. The minimum Gasteiger partial charge on any atom is -0.379 e. The van der Waals surface area contributed by atoms with E-state index in [9.17, 15) is 22.2 Å². The molecule has 4 rings (SSSR count). The average molecular weight is 503 g/mol. The lowest BCUT2D eigenvalue weighted by atomic mass is 9.74. The number of nitrogens with one attached hydrogen (secondary N) is 1. The maximum atomic E-state index is 13.9. The topological polar surface area (TPSA) is 67.9 Å². The van der Waals surface area contributed by atoms with Crippen molar-refractivity contribution in [2.24, 2.45) is 11.3 Å². The molecule has 1 unspecified atom stereocenters. The molecule has 6 nitrogen and oxygen atoms in total. The fraction of sp³-hybridized carbons (Fsp3) is 0.708. The molecule has 0 aromatic heterocycles. The van der Waals surface area contributed by atoms with Crippen LogP contribution in [0.15, 0.2) is 23.1 Å². The van der Waals surface area contributed by atoms with Crippen LogP contribution in [-0.4, -0.2) is 59.4 Å². The molecule has 1 aliphatic carbocycles. The van der Waals surface area contributed by atoms with E-state index in [1.54, 1.807) is 7.11 Å². The van der Waals surface area contributed by atoms with E-state index in [4.69, 9.17) is 9.47 Å². The van der Waals surface area contributed by atoms with Crippen molar-refractivity contribution in [2.45, 2.75) is 75.3 Å². The van der Waals surface area contributed by atoms with E-state index in [1.807, 2.05) is 13.8 Å². The van der Waals surface area contributed by atoms with Crippen molar-refractivity contribution in [2.75, 3.05) is 26.2 Å². The predicted molar refractivity (Wildman–Crippen MR) is 121 cm³/mol. The predicted octanol–water partition coefficient (Wildman–Crippen LogP) is 3.70. The van der Waals surface area contributed by atoms with Gasteiger partial charge in [0.15, 0.2) is 0 Å². The van der Waals surface area contributed by atoms with Gasteiger partial charge in [-0.3, -0.25) is 9.00 Å². The Bertz CT molecular complexity index is 941. The highest BCUT2D eigenvalue weighted by Gasteiger charge is 2.50. The number of alkyl halides is 3. The Labute approximate surface area is 201 Å². The van der Waals surface area contributed by atoms with E-state index in [0.29, 0.717) is 36.5 Å². The zero-order valence-corrected chi connectivity index (χ0v) is 20.6. The van der Waals surface area contributed by atoms with Gasteiger partial charge in [-0.1, -0.05) is 13.8 Å². The number of carbonyl (C=O) groups is 1. The van der Waals surface area contributed by atoms with Crippen LogP contribution in [0.1, 0.15) is 50.7 Å². The van der Waals surface area contributed by atoms with Crippen LogP contribution in [0.4, 0.5) is 13.2 Å². The van der Waals surface area contributed by atoms with Gasteiger partial charge in [0.2, 0.25) is 5.91 Å². The van der Waals surface area contributed by atoms with Crippen LogP contribution >= 0.6 is 0 Å². The van der Waals surface area contributed by atoms with Gasteiger partial charge in [-0.2, -0.15) is 13.2 Å². The van der Waals surface area contributed by atoms with Crippen LogP contribution in [0.2, 0.25) is 0 Å². The molecule has 2 aliphatic heterocycles. The van der Waals surface area contributed by atoms with Gasteiger partial charge in [0.1, 0.15) is 5.88 Å². The molecule has 1 amide bonds. The standard InChI is InChI=1S/C24H33F3N2O4S/c1-15(2)23(8-6-18(11-23)28-19-7-9-33-13-20(19)32-3)22(30)29-12-16-10-17(24(25,26)27)4-5-21(16)34(31)14-29/h4-5,10,15,18-20,28H,6-9,11-14H2,1-3H3/t18-,19-,20+,23+,34?/m1/s1. The zero-order valence-electron chi connectivity index (χ0n) is 19.8. The van der Waals surface area contributed by atoms with Gasteiger partial charge in [-0.25, -0.2) is 0 Å². The molecule has 0 radical (unpaired) electrons. The summed E-state index contributed by atoms with van der Waals surface area (Å²) in [5.74, 6) is -0.0651. The summed E-state index contributed by atoms with van der Waals surface area (Å²) in [6.07, 6.45) is -1.56. The van der Waals surface area contributed by atoms with Crippen molar-refractivity contribution in [1.82, 2.24) is 10.2 Å². The van der Waals surface area contributed by atoms with Crippen molar-refractivity contribution in [3.8, 4) is 0 Å². The second kappa shape index (κ2) is 9.87. The first-order chi connectivity index (χ1) is 16.0. The molecule has 190 valence electrons. The molecule has 2 heterocycles. The maximum Gasteiger partial charge on any atom is 0.416 e. The minimum absolute atomic E-state index is 0.00940. The first kappa shape index (κ1) is 25.6. The van der Waals surface area contributed by atoms with Crippen molar-refractivity contribution >= 4 is 16.7 Å². The zero-order chi connectivity index (χ0) is 24.7.